The molecule has 0 saturated carbocycles. The number of methoxy groups -OCH3 is 2. The Kier molecular flexibility index (Phi) is 7.95. The first kappa shape index (κ1) is 18.8. The fraction of sp³-hybridized carbons (Fsp3) is 0.375. The van der Waals surface area contributed by atoms with Crippen LogP contribution in [0.25, 0.3) is 6.08 Å². The third kappa shape index (κ3) is 5.47. The summed E-state index contributed by atoms with van der Waals surface area (Å²) in [5.41, 5.74) is 0.379. The predicted molar refractivity (Wildman–Crippen MR) is 85.6 cm³/mol. The van der Waals surface area contributed by atoms with Crippen LogP contribution in [0.4, 0.5) is 0 Å². The van der Waals surface area contributed by atoms with Gasteiger partial charge in [-0.15, -0.1) is 0 Å². The van der Waals surface area contributed by atoms with Crippen molar-refractivity contribution in [3.05, 3.63) is 28.3 Å². The van der Waals surface area contributed by atoms with Gasteiger partial charge in [0.1, 0.15) is 18.2 Å². The SMILES string of the molecule is CCOc1cc(/C=C(/C#N)C(=O)OCCOC)cc(Cl)c1OC. The highest BCUT2D eigenvalue weighted by molar-refractivity contribution is 6.32. The maximum Gasteiger partial charge on any atom is 0.348 e. The van der Waals surface area contributed by atoms with Crippen molar-refractivity contribution >= 4 is 23.6 Å². The van der Waals surface area contributed by atoms with Crippen LogP contribution in [0.5, 0.6) is 11.5 Å². The van der Waals surface area contributed by atoms with Crippen LogP contribution in [0.1, 0.15) is 12.5 Å². The molecule has 0 N–H and O–H groups in total. The molecule has 0 spiro atoms. The van der Waals surface area contributed by atoms with Crippen molar-refractivity contribution < 1.29 is 23.7 Å². The lowest BCUT2D eigenvalue weighted by atomic mass is 10.1. The van der Waals surface area contributed by atoms with E-state index in [4.69, 9.17) is 35.8 Å². The predicted octanol–water partition coefficient (Wildman–Crippen LogP) is 2.84. The molecule has 0 fully saturated rings. The number of hydrogen-bond acceptors (Lipinski definition) is 6. The van der Waals surface area contributed by atoms with E-state index in [1.54, 1.807) is 12.1 Å². The maximum absolute atomic E-state index is 11.8. The van der Waals surface area contributed by atoms with Gasteiger partial charge >= 0.3 is 5.97 Å². The minimum absolute atomic E-state index is 0.0713. The Morgan fingerprint density at radius 1 is 1.35 bits per heavy atom. The normalized spacial score (nSPS) is 10.8. The van der Waals surface area contributed by atoms with Crippen LogP contribution in [-0.4, -0.2) is 40.0 Å². The van der Waals surface area contributed by atoms with E-state index in [1.807, 2.05) is 13.0 Å². The third-order valence-electron chi connectivity index (χ3n) is 2.71. The first-order valence-electron chi connectivity index (χ1n) is 6.85. The van der Waals surface area contributed by atoms with Crippen molar-refractivity contribution in [3.8, 4) is 17.6 Å². The van der Waals surface area contributed by atoms with Crippen molar-refractivity contribution in [2.45, 2.75) is 6.92 Å². The summed E-state index contributed by atoms with van der Waals surface area (Å²) >= 11 is 6.13. The minimum Gasteiger partial charge on any atom is -0.491 e. The number of esters is 1. The lowest BCUT2D eigenvalue weighted by Crippen LogP contribution is -2.11. The zero-order chi connectivity index (χ0) is 17.2. The monoisotopic (exact) mass is 339 g/mol. The molecule has 0 aliphatic rings. The average Bonchev–Trinajstić information content (AvgIpc) is 2.53. The van der Waals surface area contributed by atoms with E-state index in [-0.39, 0.29) is 18.8 Å². The second kappa shape index (κ2) is 9.72. The van der Waals surface area contributed by atoms with Crippen LogP contribution < -0.4 is 9.47 Å². The van der Waals surface area contributed by atoms with Crippen molar-refractivity contribution in [2.24, 2.45) is 0 Å². The van der Waals surface area contributed by atoms with Crippen molar-refractivity contribution in [1.29, 1.82) is 5.26 Å². The number of carbonyl (C=O) groups excluding carboxylic acids is 1. The molecule has 0 aliphatic carbocycles. The van der Waals surface area contributed by atoms with Crippen LogP contribution >= 0.6 is 11.6 Å². The summed E-state index contributed by atoms with van der Waals surface area (Å²) in [6, 6.07) is 5.01. The molecule has 1 aromatic rings. The molecule has 0 saturated heterocycles. The first-order valence-corrected chi connectivity index (χ1v) is 7.23. The van der Waals surface area contributed by atoms with Gasteiger partial charge in [-0.3, -0.25) is 0 Å². The number of nitriles is 1. The van der Waals surface area contributed by atoms with E-state index < -0.39 is 5.97 Å². The summed E-state index contributed by atoms with van der Waals surface area (Å²) in [6.07, 6.45) is 1.38. The summed E-state index contributed by atoms with van der Waals surface area (Å²) < 4.78 is 20.3. The van der Waals surface area contributed by atoms with Gasteiger partial charge in [0, 0.05) is 7.11 Å². The first-order chi connectivity index (χ1) is 11.1. The molecule has 1 aromatic carbocycles. The zero-order valence-electron chi connectivity index (χ0n) is 13.2. The zero-order valence-corrected chi connectivity index (χ0v) is 14.0. The molecule has 0 heterocycles. The van der Waals surface area contributed by atoms with E-state index >= 15 is 0 Å². The van der Waals surface area contributed by atoms with Gasteiger partial charge < -0.3 is 18.9 Å². The average molecular weight is 340 g/mol. The van der Waals surface area contributed by atoms with Crippen molar-refractivity contribution in [1.82, 2.24) is 0 Å². The molecule has 0 aromatic heterocycles. The fourth-order valence-electron chi connectivity index (χ4n) is 1.73. The Bertz CT molecular complexity index is 622. The summed E-state index contributed by atoms with van der Waals surface area (Å²) in [4.78, 5) is 11.8. The van der Waals surface area contributed by atoms with Gasteiger partial charge in [0.05, 0.1) is 25.3 Å². The molecule has 0 atom stereocenters. The Labute approximate surface area is 140 Å². The second-order valence-electron chi connectivity index (χ2n) is 4.27. The lowest BCUT2D eigenvalue weighted by Gasteiger charge is -2.12. The van der Waals surface area contributed by atoms with Crippen LogP contribution in [0.2, 0.25) is 5.02 Å². The minimum atomic E-state index is -0.727. The van der Waals surface area contributed by atoms with Crippen LogP contribution in [0, 0.1) is 11.3 Å². The summed E-state index contributed by atoms with van der Waals surface area (Å²) in [5.74, 6) is 0.0973. The quantitative estimate of drug-likeness (QED) is 0.314. The maximum atomic E-state index is 11.8. The van der Waals surface area contributed by atoms with E-state index in [0.29, 0.717) is 28.7 Å². The molecule has 124 valence electrons. The van der Waals surface area contributed by atoms with E-state index in [9.17, 15) is 4.79 Å². The number of halogens is 1. The molecule has 0 unspecified atom stereocenters. The summed E-state index contributed by atoms with van der Waals surface area (Å²) in [7, 11) is 2.97. The molecule has 6 nitrogen and oxygen atoms in total. The van der Waals surface area contributed by atoms with Crippen LogP contribution in [0.15, 0.2) is 17.7 Å². The number of rotatable bonds is 8. The van der Waals surface area contributed by atoms with E-state index in [2.05, 4.69) is 0 Å². The molecule has 7 heteroatoms. The van der Waals surface area contributed by atoms with Gasteiger partial charge in [-0.2, -0.15) is 5.26 Å². The van der Waals surface area contributed by atoms with Gasteiger partial charge in [-0.25, -0.2) is 4.79 Å². The van der Waals surface area contributed by atoms with Gasteiger partial charge in [0.2, 0.25) is 0 Å². The largest absolute Gasteiger partial charge is 0.491 e. The van der Waals surface area contributed by atoms with Gasteiger partial charge in [0.15, 0.2) is 11.5 Å². The summed E-state index contributed by atoms with van der Waals surface area (Å²) in [6.45, 7) is 2.57. The highest BCUT2D eigenvalue weighted by atomic mass is 35.5. The molecule has 0 aliphatic heterocycles. The highest BCUT2D eigenvalue weighted by Gasteiger charge is 2.14. The molecule has 0 bridgehead atoms. The Morgan fingerprint density at radius 2 is 2.09 bits per heavy atom. The standard InChI is InChI=1S/C16H18ClNO5/c1-4-22-14-9-11(8-13(17)15(14)21-3)7-12(10-18)16(19)23-6-5-20-2/h7-9H,4-6H2,1-3H3/b12-7-. The number of benzene rings is 1. The molecular formula is C16H18ClNO5. The molecular weight excluding hydrogens is 322 g/mol. The number of hydrogen-bond donors (Lipinski definition) is 0. The van der Waals surface area contributed by atoms with Gasteiger partial charge in [0.25, 0.3) is 0 Å². The fourth-order valence-corrected chi connectivity index (χ4v) is 2.03. The lowest BCUT2D eigenvalue weighted by molar-refractivity contribution is -0.139. The van der Waals surface area contributed by atoms with Gasteiger partial charge in [-0.05, 0) is 30.7 Å². The Balaban J connectivity index is 3.08. The van der Waals surface area contributed by atoms with Gasteiger partial charge in [-0.1, -0.05) is 11.6 Å². The van der Waals surface area contributed by atoms with E-state index in [1.165, 1.54) is 20.3 Å². The highest BCUT2D eigenvalue weighted by Crippen LogP contribution is 2.36. The molecule has 0 amide bonds. The third-order valence-corrected chi connectivity index (χ3v) is 2.99. The molecule has 1 rings (SSSR count). The van der Waals surface area contributed by atoms with Crippen LogP contribution in [-0.2, 0) is 14.3 Å². The second-order valence-corrected chi connectivity index (χ2v) is 4.67. The Hall–Kier alpha value is -2.23. The van der Waals surface area contributed by atoms with Crippen molar-refractivity contribution in [2.75, 3.05) is 34.0 Å². The van der Waals surface area contributed by atoms with Crippen LogP contribution in [0.3, 0.4) is 0 Å². The smallest absolute Gasteiger partial charge is 0.348 e. The summed E-state index contributed by atoms with van der Waals surface area (Å²) in [5, 5.41) is 9.43. The number of ether oxygens (including phenoxy) is 4. The molecule has 0 radical (unpaired) electrons. The topological polar surface area (TPSA) is 77.8 Å². The van der Waals surface area contributed by atoms with E-state index in [0.717, 1.165) is 0 Å². The van der Waals surface area contributed by atoms with Crippen molar-refractivity contribution in [3.63, 3.8) is 0 Å². The molecule has 23 heavy (non-hydrogen) atoms. The number of nitrogens with zero attached hydrogens (tertiary/aromatic N) is 1. The Morgan fingerprint density at radius 3 is 2.65 bits per heavy atom. The number of carbonyl (C=O) groups is 1.